The average molecular weight is 466 g/mol. The van der Waals surface area contributed by atoms with E-state index in [1.165, 1.54) is 36.4 Å². The maximum absolute atomic E-state index is 13.5. The first-order valence-corrected chi connectivity index (χ1v) is 10.9. The van der Waals surface area contributed by atoms with E-state index in [0.29, 0.717) is 12.8 Å². The van der Waals surface area contributed by atoms with Crippen LogP contribution < -0.4 is 0 Å². The lowest BCUT2D eigenvalue weighted by Gasteiger charge is -2.30. The van der Waals surface area contributed by atoms with Gasteiger partial charge in [-0.15, -0.1) is 0 Å². The zero-order valence-electron chi connectivity index (χ0n) is 18.3. The molecule has 0 radical (unpaired) electrons. The monoisotopic (exact) mass is 466 g/mol. The minimum Gasteiger partial charge on any atom is -0.272 e. The van der Waals surface area contributed by atoms with Crippen LogP contribution >= 0.6 is 0 Å². The van der Waals surface area contributed by atoms with Crippen molar-refractivity contribution in [3.63, 3.8) is 0 Å². The summed E-state index contributed by atoms with van der Waals surface area (Å²) < 4.78 is 0. The van der Waals surface area contributed by atoms with Crippen LogP contribution in [0.2, 0.25) is 0 Å². The maximum Gasteiger partial charge on any atom is 0.274 e. The number of carbonyl (C=O) groups is 3. The zero-order chi connectivity index (χ0) is 24.6. The summed E-state index contributed by atoms with van der Waals surface area (Å²) >= 11 is 0. The number of hydrogen-bond acceptors (Lipinski definition) is 7. The van der Waals surface area contributed by atoms with E-state index in [2.05, 4.69) is 0 Å². The fourth-order valence-electron chi connectivity index (χ4n) is 4.73. The summed E-state index contributed by atoms with van der Waals surface area (Å²) in [5.74, 6) is -2.78. The molecule has 3 amide bonds. The van der Waals surface area contributed by atoms with E-state index in [9.17, 15) is 34.6 Å². The standard InChI is InChI=1S/C23H22N4O7/c1-14-9-10-18-19(11-14)23(30)25(22(18)29)24(13-16-5-2-3-8-20(16)27(33)34)21(28)15-6-4-7-17(12-15)26(31)32/h2-8,12,14,18-19H,9-11,13H2,1H3/t14-,18-,19-/m1/s1. The topological polar surface area (TPSA) is 144 Å². The Morgan fingerprint density at radius 3 is 2.41 bits per heavy atom. The van der Waals surface area contributed by atoms with Gasteiger partial charge in [-0.3, -0.25) is 34.6 Å². The highest BCUT2D eigenvalue weighted by molar-refractivity contribution is 6.07. The van der Waals surface area contributed by atoms with Gasteiger partial charge in [0.2, 0.25) is 0 Å². The van der Waals surface area contributed by atoms with Crippen molar-refractivity contribution < 1.29 is 24.2 Å². The quantitative estimate of drug-likeness (QED) is 0.360. The first-order chi connectivity index (χ1) is 16.2. The molecule has 0 unspecified atom stereocenters. The fourth-order valence-corrected chi connectivity index (χ4v) is 4.73. The molecule has 11 nitrogen and oxygen atoms in total. The Labute approximate surface area is 194 Å². The molecule has 0 spiro atoms. The number of para-hydroxylation sites is 1. The average Bonchev–Trinajstić information content (AvgIpc) is 3.06. The molecule has 2 aromatic rings. The third kappa shape index (κ3) is 4.12. The predicted octanol–water partition coefficient (Wildman–Crippen LogP) is 3.48. The summed E-state index contributed by atoms with van der Waals surface area (Å²) in [5.41, 5.74) is -0.603. The molecule has 0 N–H and O–H groups in total. The highest BCUT2D eigenvalue weighted by atomic mass is 16.6. The Bertz CT molecular complexity index is 1200. The molecule has 4 rings (SSSR count). The van der Waals surface area contributed by atoms with Gasteiger partial charge in [0.25, 0.3) is 29.1 Å². The van der Waals surface area contributed by atoms with Crippen molar-refractivity contribution in [2.75, 3.05) is 0 Å². The van der Waals surface area contributed by atoms with Gasteiger partial charge in [-0.1, -0.05) is 31.2 Å². The number of carbonyl (C=O) groups excluding carboxylic acids is 3. The van der Waals surface area contributed by atoms with Gasteiger partial charge in [0, 0.05) is 23.8 Å². The van der Waals surface area contributed by atoms with E-state index in [1.54, 1.807) is 6.07 Å². The highest BCUT2D eigenvalue weighted by Crippen LogP contribution is 2.41. The van der Waals surface area contributed by atoms with E-state index in [4.69, 9.17) is 0 Å². The van der Waals surface area contributed by atoms with Crippen molar-refractivity contribution in [2.24, 2.45) is 17.8 Å². The van der Waals surface area contributed by atoms with Crippen LogP contribution in [0.25, 0.3) is 0 Å². The lowest BCUT2D eigenvalue weighted by molar-refractivity contribution is -0.385. The Balaban J connectivity index is 1.77. The number of non-ortho nitro benzene ring substituents is 1. The van der Waals surface area contributed by atoms with E-state index in [-0.39, 0.29) is 28.4 Å². The molecule has 34 heavy (non-hydrogen) atoms. The second-order valence-electron chi connectivity index (χ2n) is 8.68. The lowest BCUT2D eigenvalue weighted by Crippen LogP contribution is -2.49. The number of amides is 3. The number of hydrogen-bond donors (Lipinski definition) is 0. The van der Waals surface area contributed by atoms with Gasteiger partial charge in [0.1, 0.15) is 0 Å². The number of nitrogens with zero attached hydrogens (tertiary/aromatic N) is 4. The molecule has 1 aliphatic carbocycles. The van der Waals surface area contributed by atoms with Gasteiger partial charge >= 0.3 is 0 Å². The summed E-state index contributed by atoms with van der Waals surface area (Å²) in [6.45, 7) is 1.57. The van der Waals surface area contributed by atoms with Crippen molar-refractivity contribution in [2.45, 2.75) is 32.7 Å². The third-order valence-electron chi connectivity index (χ3n) is 6.45. The number of hydrazine groups is 1. The van der Waals surface area contributed by atoms with Crippen LogP contribution in [-0.4, -0.2) is 37.6 Å². The van der Waals surface area contributed by atoms with Crippen molar-refractivity contribution in [1.29, 1.82) is 0 Å². The molecule has 11 heteroatoms. The van der Waals surface area contributed by atoms with E-state index in [1.807, 2.05) is 6.92 Å². The molecule has 2 fully saturated rings. The van der Waals surface area contributed by atoms with Gasteiger partial charge in [-0.05, 0) is 31.2 Å². The van der Waals surface area contributed by atoms with Crippen LogP contribution in [0, 0.1) is 38.0 Å². The summed E-state index contributed by atoms with van der Waals surface area (Å²) in [6, 6.07) is 10.6. The largest absolute Gasteiger partial charge is 0.274 e. The molecule has 176 valence electrons. The molecule has 1 saturated heterocycles. The number of rotatable bonds is 6. The summed E-state index contributed by atoms with van der Waals surface area (Å²) in [5, 5.41) is 24.4. The number of nitro groups is 2. The van der Waals surface area contributed by atoms with Crippen LogP contribution in [0.3, 0.4) is 0 Å². The maximum atomic E-state index is 13.5. The van der Waals surface area contributed by atoms with Gasteiger partial charge < -0.3 is 0 Å². The second kappa shape index (κ2) is 9.00. The van der Waals surface area contributed by atoms with Crippen LogP contribution in [0.5, 0.6) is 0 Å². The van der Waals surface area contributed by atoms with Crippen molar-refractivity contribution >= 4 is 29.1 Å². The van der Waals surface area contributed by atoms with Crippen molar-refractivity contribution in [3.05, 3.63) is 79.9 Å². The van der Waals surface area contributed by atoms with Crippen LogP contribution in [0.4, 0.5) is 11.4 Å². The molecular formula is C23H22N4O7. The zero-order valence-corrected chi connectivity index (χ0v) is 18.3. The Kier molecular flexibility index (Phi) is 6.10. The molecule has 1 saturated carbocycles. The second-order valence-corrected chi connectivity index (χ2v) is 8.68. The minimum absolute atomic E-state index is 0.114. The van der Waals surface area contributed by atoms with Gasteiger partial charge in [0.05, 0.1) is 33.8 Å². The normalized spacial score (nSPS) is 21.8. The first-order valence-electron chi connectivity index (χ1n) is 10.9. The van der Waals surface area contributed by atoms with E-state index in [0.717, 1.165) is 22.5 Å². The first kappa shape index (κ1) is 23.0. The molecule has 2 aliphatic rings. The molecule has 0 bridgehead atoms. The molecule has 0 aromatic heterocycles. The SMILES string of the molecule is C[C@@H]1CC[C@H]2C(=O)N(N(Cc3ccccc3[N+](=O)[O-])C(=O)c3cccc([N+](=O)[O-])c3)C(=O)[C@@H]2C1. The molecule has 1 heterocycles. The van der Waals surface area contributed by atoms with Gasteiger partial charge in [-0.25, -0.2) is 5.01 Å². The Hall–Kier alpha value is -4.15. The fraction of sp³-hybridized carbons (Fsp3) is 0.348. The van der Waals surface area contributed by atoms with Crippen molar-refractivity contribution in [3.8, 4) is 0 Å². The Morgan fingerprint density at radius 1 is 1.00 bits per heavy atom. The summed E-state index contributed by atoms with van der Waals surface area (Å²) in [6.07, 6.45) is 1.80. The number of fused-ring (bicyclic) bond motifs is 1. The highest BCUT2D eigenvalue weighted by Gasteiger charge is 2.52. The number of benzene rings is 2. The predicted molar refractivity (Wildman–Crippen MR) is 118 cm³/mol. The van der Waals surface area contributed by atoms with Crippen LogP contribution in [-0.2, 0) is 16.1 Å². The summed E-state index contributed by atoms with van der Waals surface area (Å²) in [4.78, 5) is 61.6. The minimum atomic E-state index is -0.838. The lowest BCUT2D eigenvalue weighted by atomic mass is 9.76. The smallest absolute Gasteiger partial charge is 0.272 e. The summed E-state index contributed by atoms with van der Waals surface area (Å²) in [7, 11) is 0. The number of nitro benzene ring substituents is 2. The van der Waals surface area contributed by atoms with E-state index >= 15 is 0 Å². The van der Waals surface area contributed by atoms with Crippen LogP contribution in [0.15, 0.2) is 48.5 Å². The third-order valence-corrected chi connectivity index (χ3v) is 6.45. The van der Waals surface area contributed by atoms with E-state index < -0.39 is 45.9 Å². The van der Waals surface area contributed by atoms with Gasteiger partial charge in [0.15, 0.2) is 0 Å². The van der Waals surface area contributed by atoms with Crippen LogP contribution in [0.1, 0.15) is 42.1 Å². The molecule has 3 atom stereocenters. The van der Waals surface area contributed by atoms with Crippen molar-refractivity contribution in [1.82, 2.24) is 10.0 Å². The van der Waals surface area contributed by atoms with Gasteiger partial charge in [-0.2, -0.15) is 5.01 Å². The molecular weight excluding hydrogens is 444 g/mol. The Morgan fingerprint density at radius 2 is 1.71 bits per heavy atom. The molecule has 1 aliphatic heterocycles. The molecule has 2 aromatic carbocycles. The number of imide groups is 1.